The summed E-state index contributed by atoms with van der Waals surface area (Å²) in [6.45, 7) is 0. The number of aromatic hydroxyl groups is 1. The lowest BCUT2D eigenvalue weighted by molar-refractivity contribution is -0.115. The van der Waals surface area contributed by atoms with Gasteiger partial charge in [-0.15, -0.1) is 10.2 Å². The second-order valence-corrected chi connectivity index (χ2v) is 7.42. The number of benzene rings is 2. The van der Waals surface area contributed by atoms with Gasteiger partial charge in [0.1, 0.15) is 5.75 Å². The first kappa shape index (κ1) is 17.8. The van der Waals surface area contributed by atoms with Crippen molar-refractivity contribution in [2.24, 2.45) is 10.2 Å². The highest BCUT2D eigenvalue weighted by atomic mass is 35.5. The monoisotopic (exact) mass is 420 g/mol. The van der Waals surface area contributed by atoms with E-state index >= 15 is 0 Å². The van der Waals surface area contributed by atoms with Gasteiger partial charge in [0.05, 0.1) is 22.2 Å². The molecular formula is C17H10Cl2N4O3S. The number of phenols is 1. The molecule has 2 aliphatic rings. The first-order chi connectivity index (χ1) is 12.9. The third kappa shape index (κ3) is 3.27. The van der Waals surface area contributed by atoms with E-state index in [1.54, 1.807) is 18.2 Å². The third-order valence-corrected chi connectivity index (χ3v) is 5.30. The lowest BCUT2D eigenvalue weighted by Gasteiger charge is -2.15. The van der Waals surface area contributed by atoms with Crippen LogP contribution in [0.25, 0.3) is 0 Å². The summed E-state index contributed by atoms with van der Waals surface area (Å²) >= 11 is 13.3. The van der Waals surface area contributed by atoms with E-state index in [4.69, 9.17) is 23.2 Å². The number of nitrogens with one attached hydrogen (secondary N) is 1. The van der Waals surface area contributed by atoms with E-state index in [9.17, 15) is 14.7 Å². The molecule has 2 aliphatic heterocycles. The van der Waals surface area contributed by atoms with Gasteiger partial charge in [0.15, 0.2) is 10.9 Å². The lowest BCUT2D eigenvalue weighted by Crippen LogP contribution is -2.29. The van der Waals surface area contributed by atoms with E-state index < -0.39 is 5.91 Å². The Morgan fingerprint density at radius 3 is 2.59 bits per heavy atom. The summed E-state index contributed by atoms with van der Waals surface area (Å²) in [7, 11) is 0. The van der Waals surface area contributed by atoms with Crippen LogP contribution >= 0.6 is 35.0 Å². The van der Waals surface area contributed by atoms with Crippen LogP contribution in [-0.2, 0) is 9.59 Å². The van der Waals surface area contributed by atoms with Gasteiger partial charge in [0.25, 0.3) is 5.91 Å². The SMILES string of the molecule is O=C1Nc2c(Cl)cc(Cl)cc2/C1=N/N=C1\SCC(=O)N1c1ccc(O)cc1. The first-order valence-electron chi connectivity index (χ1n) is 7.65. The molecule has 0 aliphatic carbocycles. The molecule has 2 aromatic rings. The number of carbonyl (C=O) groups is 2. The zero-order valence-electron chi connectivity index (χ0n) is 13.4. The zero-order valence-corrected chi connectivity index (χ0v) is 15.8. The summed E-state index contributed by atoms with van der Waals surface area (Å²) in [5.41, 5.74) is 1.49. The molecule has 1 saturated heterocycles. The Hall–Kier alpha value is -2.55. The second-order valence-electron chi connectivity index (χ2n) is 5.63. The highest BCUT2D eigenvalue weighted by Crippen LogP contribution is 2.35. The number of hydrogen-bond donors (Lipinski definition) is 2. The van der Waals surface area contributed by atoms with Crippen LogP contribution in [0.2, 0.25) is 10.0 Å². The van der Waals surface area contributed by atoms with Gasteiger partial charge >= 0.3 is 0 Å². The molecule has 136 valence electrons. The second kappa shape index (κ2) is 6.88. The number of halogens is 2. The van der Waals surface area contributed by atoms with Crippen LogP contribution in [0.1, 0.15) is 5.56 Å². The fraction of sp³-hybridized carbons (Fsp3) is 0.0588. The Labute approximate surface area is 167 Å². The molecule has 10 heteroatoms. The smallest absolute Gasteiger partial charge is 0.276 e. The average molecular weight is 421 g/mol. The van der Waals surface area contributed by atoms with Crippen LogP contribution in [0, 0.1) is 0 Å². The summed E-state index contributed by atoms with van der Waals surface area (Å²) in [5, 5.41) is 21.2. The van der Waals surface area contributed by atoms with E-state index in [1.165, 1.54) is 34.9 Å². The molecule has 2 aromatic carbocycles. The molecule has 2 N–H and O–H groups in total. The number of fused-ring (bicyclic) bond motifs is 1. The van der Waals surface area contributed by atoms with Gasteiger partial charge < -0.3 is 10.4 Å². The van der Waals surface area contributed by atoms with Crippen LogP contribution in [0.5, 0.6) is 5.75 Å². The number of rotatable bonds is 2. The maximum absolute atomic E-state index is 12.2. The van der Waals surface area contributed by atoms with E-state index in [1.807, 2.05) is 0 Å². The quantitative estimate of drug-likeness (QED) is 0.726. The van der Waals surface area contributed by atoms with Crippen molar-refractivity contribution in [2.75, 3.05) is 16.0 Å². The normalized spacial score (nSPS) is 19.1. The molecule has 27 heavy (non-hydrogen) atoms. The van der Waals surface area contributed by atoms with Crippen molar-refractivity contribution in [3.8, 4) is 5.75 Å². The average Bonchev–Trinajstić information content (AvgIpc) is 3.14. The van der Waals surface area contributed by atoms with Crippen molar-refractivity contribution < 1.29 is 14.7 Å². The number of carbonyl (C=O) groups excluding carboxylic acids is 2. The van der Waals surface area contributed by atoms with Crippen molar-refractivity contribution >= 4 is 69.0 Å². The number of hydrogen-bond acceptors (Lipinski definition) is 6. The summed E-state index contributed by atoms with van der Waals surface area (Å²) in [6, 6.07) is 9.23. The summed E-state index contributed by atoms with van der Waals surface area (Å²) in [5.74, 6) is -0.342. The van der Waals surface area contributed by atoms with Gasteiger partial charge in [-0.05, 0) is 36.4 Å². The van der Waals surface area contributed by atoms with Crippen molar-refractivity contribution in [1.29, 1.82) is 0 Å². The Morgan fingerprint density at radius 1 is 1.11 bits per heavy atom. The van der Waals surface area contributed by atoms with E-state index in [0.717, 1.165) is 0 Å². The van der Waals surface area contributed by atoms with Gasteiger partial charge in [-0.1, -0.05) is 35.0 Å². The number of amides is 2. The predicted octanol–water partition coefficient (Wildman–Crippen LogP) is 3.49. The van der Waals surface area contributed by atoms with Crippen LogP contribution < -0.4 is 10.2 Å². The Balaban J connectivity index is 1.73. The van der Waals surface area contributed by atoms with Crippen LogP contribution in [0.3, 0.4) is 0 Å². The van der Waals surface area contributed by atoms with E-state index in [0.29, 0.717) is 32.2 Å². The van der Waals surface area contributed by atoms with Crippen molar-refractivity contribution in [3.05, 3.63) is 52.0 Å². The molecule has 0 unspecified atom stereocenters. The van der Waals surface area contributed by atoms with Crippen LogP contribution in [-0.4, -0.2) is 33.6 Å². The van der Waals surface area contributed by atoms with Crippen LogP contribution in [0.15, 0.2) is 46.6 Å². The highest BCUT2D eigenvalue weighted by Gasteiger charge is 2.32. The maximum Gasteiger partial charge on any atom is 0.276 e. The van der Waals surface area contributed by atoms with Gasteiger partial charge in [-0.2, -0.15) is 0 Å². The molecule has 2 heterocycles. The number of phenolic OH excluding ortho intramolecular Hbond substituents is 1. The fourth-order valence-electron chi connectivity index (χ4n) is 2.67. The van der Waals surface area contributed by atoms with Crippen molar-refractivity contribution in [2.45, 2.75) is 0 Å². The van der Waals surface area contributed by atoms with E-state index in [-0.39, 0.29) is 23.1 Å². The highest BCUT2D eigenvalue weighted by molar-refractivity contribution is 8.15. The van der Waals surface area contributed by atoms with Crippen LogP contribution in [0.4, 0.5) is 11.4 Å². The zero-order chi connectivity index (χ0) is 19.1. The molecule has 0 aromatic heterocycles. The summed E-state index contributed by atoms with van der Waals surface area (Å²) in [4.78, 5) is 25.8. The minimum absolute atomic E-state index is 0.0625. The molecular weight excluding hydrogens is 411 g/mol. The minimum atomic E-state index is -0.455. The van der Waals surface area contributed by atoms with Crippen molar-refractivity contribution in [1.82, 2.24) is 0 Å². The van der Waals surface area contributed by atoms with Gasteiger partial charge in [0.2, 0.25) is 5.91 Å². The molecule has 2 amide bonds. The molecule has 0 bridgehead atoms. The third-order valence-electron chi connectivity index (χ3n) is 3.87. The molecule has 7 nitrogen and oxygen atoms in total. The fourth-order valence-corrected chi connectivity index (χ4v) is 4.02. The molecule has 0 spiro atoms. The van der Waals surface area contributed by atoms with Gasteiger partial charge in [0, 0.05) is 10.6 Å². The van der Waals surface area contributed by atoms with Crippen molar-refractivity contribution in [3.63, 3.8) is 0 Å². The summed E-state index contributed by atoms with van der Waals surface area (Å²) in [6.07, 6.45) is 0. The summed E-state index contributed by atoms with van der Waals surface area (Å²) < 4.78 is 0. The molecule has 0 atom stereocenters. The molecule has 4 rings (SSSR count). The van der Waals surface area contributed by atoms with Gasteiger partial charge in [-0.3, -0.25) is 14.5 Å². The number of nitrogens with zero attached hydrogens (tertiary/aromatic N) is 3. The topological polar surface area (TPSA) is 94.4 Å². The number of thioether (sulfide) groups is 1. The largest absolute Gasteiger partial charge is 0.508 e. The number of amidine groups is 1. The van der Waals surface area contributed by atoms with E-state index in [2.05, 4.69) is 15.5 Å². The minimum Gasteiger partial charge on any atom is -0.508 e. The Bertz CT molecular complexity index is 1040. The predicted molar refractivity (Wildman–Crippen MR) is 107 cm³/mol. The molecule has 0 saturated carbocycles. The molecule has 0 radical (unpaired) electrons. The van der Waals surface area contributed by atoms with Gasteiger partial charge in [-0.25, -0.2) is 0 Å². The standard InChI is InChI=1S/C17H10Cl2N4O3S/c18-8-5-11-14(12(19)6-8)20-16(26)15(11)21-22-17-23(13(25)7-27-17)9-1-3-10(24)4-2-9/h1-6,24H,7H2,(H,20,21,26)/b22-17-. The Morgan fingerprint density at radius 2 is 1.85 bits per heavy atom. The number of anilines is 2. The lowest BCUT2D eigenvalue weighted by atomic mass is 10.1. The first-order valence-corrected chi connectivity index (χ1v) is 9.39. The molecule has 1 fully saturated rings. The Kier molecular flexibility index (Phi) is 4.55. The maximum atomic E-state index is 12.2.